The molecule has 1 aromatic rings. The molecule has 1 amide bonds. The predicted molar refractivity (Wildman–Crippen MR) is 70.3 cm³/mol. The van der Waals surface area contributed by atoms with Crippen molar-refractivity contribution in [1.29, 1.82) is 0 Å². The number of benzene rings is 1. The van der Waals surface area contributed by atoms with Crippen molar-refractivity contribution in [3.63, 3.8) is 0 Å². The number of nitrogens with one attached hydrogen (secondary N) is 1. The number of ether oxygens (including phenoxy) is 1. The quantitative estimate of drug-likeness (QED) is 0.886. The molecule has 0 aliphatic carbocycles. The number of amides is 1. The Morgan fingerprint density at radius 3 is 2.83 bits per heavy atom. The molecular formula is C14H20N2O2. The van der Waals surface area contributed by atoms with Gasteiger partial charge in [-0.2, -0.15) is 0 Å². The van der Waals surface area contributed by atoms with Crippen molar-refractivity contribution in [2.45, 2.75) is 26.0 Å². The zero-order chi connectivity index (χ0) is 12.8. The minimum absolute atomic E-state index is 0.213. The zero-order valence-electron chi connectivity index (χ0n) is 10.8. The first-order valence-corrected chi connectivity index (χ1v) is 6.49. The second-order valence-corrected chi connectivity index (χ2v) is 4.47. The second-order valence-electron chi connectivity index (χ2n) is 4.47. The molecule has 18 heavy (non-hydrogen) atoms. The van der Waals surface area contributed by atoms with Gasteiger partial charge >= 0.3 is 6.09 Å². The SMILES string of the molecule is CCN(C(=O)OCc1ccccc1)C1CCNC1. The molecule has 4 heteroatoms. The highest BCUT2D eigenvalue weighted by molar-refractivity contribution is 5.68. The third kappa shape index (κ3) is 3.23. The Hall–Kier alpha value is -1.55. The minimum atomic E-state index is -0.213. The number of carbonyl (C=O) groups excluding carboxylic acids is 1. The number of carbonyl (C=O) groups is 1. The van der Waals surface area contributed by atoms with Gasteiger partial charge in [-0.05, 0) is 25.5 Å². The molecule has 1 N–H and O–H groups in total. The molecule has 1 aliphatic rings. The third-order valence-corrected chi connectivity index (χ3v) is 3.26. The van der Waals surface area contributed by atoms with Crippen LogP contribution in [0.2, 0.25) is 0 Å². The fourth-order valence-electron chi connectivity index (χ4n) is 2.24. The van der Waals surface area contributed by atoms with Gasteiger partial charge in [0, 0.05) is 19.1 Å². The first-order chi connectivity index (χ1) is 8.81. The largest absolute Gasteiger partial charge is 0.445 e. The molecular weight excluding hydrogens is 228 g/mol. The van der Waals surface area contributed by atoms with E-state index in [9.17, 15) is 4.79 Å². The van der Waals surface area contributed by atoms with E-state index < -0.39 is 0 Å². The van der Waals surface area contributed by atoms with Crippen LogP contribution in [0.15, 0.2) is 30.3 Å². The lowest BCUT2D eigenvalue weighted by Gasteiger charge is -2.26. The van der Waals surface area contributed by atoms with E-state index in [0.29, 0.717) is 13.2 Å². The van der Waals surface area contributed by atoms with Crippen LogP contribution in [0, 0.1) is 0 Å². The molecule has 0 radical (unpaired) electrons. The smallest absolute Gasteiger partial charge is 0.410 e. The first-order valence-electron chi connectivity index (χ1n) is 6.49. The van der Waals surface area contributed by atoms with Crippen LogP contribution in [-0.4, -0.2) is 36.7 Å². The van der Waals surface area contributed by atoms with E-state index in [4.69, 9.17) is 4.74 Å². The molecule has 1 heterocycles. The number of nitrogens with zero attached hydrogens (tertiary/aromatic N) is 1. The third-order valence-electron chi connectivity index (χ3n) is 3.26. The van der Waals surface area contributed by atoms with Crippen LogP contribution in [0.25, 0.3) is 0 Å². The van der Waals surface area contributed by atoms with Crippen LogP contribution >= 0.6 is 0 Å². The maximum atomic E-state index is 12.0. The zero-order valence-corrected chi connectivity index (χ0v) is 10.8. The molecule has 1 saturated heterocycles. The highest BCUT2D eigenvalue weighted by Gasteiger charge is 2.26. The fourth-order valence-corrected chi connectivity index (χ4v) is 2.24. The summed E-state index contributed by atoms with van der Waals surface area (Å²) in [5, 5.41) is 3.27. The van der Waals surface area contributed by atoms with E-state index >= 15 is 0 Å². The molecule has 1 unspecified atom stereocenters. The average molecular weight is 248 g/mol. The molecule has 0 spiro atoms. The Morgan fingerprint density at radius 2 is 2.22 bits per heavy atom. The van der Waals surface area contributed by atoms with Gasteiger partial charge in [-0.1, -0.05) is 30.3 Å². The fraction of sp³-hybridized carbons (Fsp3) is 0.500. The van der Waals surface area contributed by atoms with Gasteiger partial charge in [0.1, 0.15) is 6.61 Å². The monoisotopic (exact) mass is 248 g/mol. The summed E-state index contributed by atoms with van der Waals surface area (Å²) in [6.45, 7) is 4.87. The molecule has 0 aromatic heterocycles. The molecule has 2 rings (SSSR count). The Bertz CT molecular complexity index is 375. The summed E-state index contributed by atoms with van der Waals surface area (Å²) < 4.78 is 5.35. The van der Waals surface area contributed by atoms with Crippen molar-refractivity contribution < 1.29 is 9.53 Å². The standard InChI is InChI=1S/C14H20N2O2/c1-2-16(13-8-9-15-10-13)14(17)18-11-12-6-4-3-5-7-12/h3-7,13,15H,2,8-11H2,1H3. The molecule has 98 valence electrons. The van der Waals surface area contributed by atoms with Crippen LogP contribution in [0.3, 0.4) is 0 Å². The normalized spacial score (nSPS) is 18.6. The van der Waals surface area contributed by atoms with Crippen LogP contribution in [0.4, 0.5) is 4.79 Å². The molecule has 4 nitrogen and oxygen atoms in total. The van der Waals surface area contributed by atoms with Crippen LogP contribution in [0.5, 0.6) is 0 Å². The van der Waals surface area contributed by atoms with E-state index in [1.54, 1.807) is 0 Å². The van der Waals surface area contributed by atoms with Crippen molar-refractivity contribution in [3.8, 4) is 0 Å². The lowest BCUT2D eigenvalue weighted by molar-refractivity contribution is 0.0854. The summed E-state index contributed by atoms with van der Waals surface area (Å²) in [5.74, 6) is 0. The molecule has 1 atom stereocenters. The van der Waals surface area contributed by atoms with E-state index in [0.717, 1.165) is 25.1 Å². The summed E-state index contributed by atoms with van der Waals surface area (Å²) in [5.41, 5.74) is 1.02. The molecule has 1 fully saturated rings. The number of hydrogen-bond acceptors (Lipinski definition) is 3. The lowest BCUT2D eigenvalue weighted by atomic mass is 10.2. The lowest BCUT2D eigenvalue weighted by Crippen LogP contribution is -2.41. The van der Waals surface area contributed by atoms with Crippen molar-refractivity contribution in [1.82, 2.24) is 10.2 Å². The van der Waals surface area contributed by atoms with Crippen molar-refractivity contribution in [2.24, 2.45) is 0 Å². The number of hydrogen-bond donors (Lipinski definition) is 1. The van der Waals surface area contributed by atoms with Gasteiger partial charge in [0.2, 0.25) is 0 Å². The van der Waals surface area contributed by atoms with Gasteiger partial charge in [0.15, 0.2) is 0 Å². The molecule has 1 aliphatic heterocycles. The highest BCUT2D eigenvalue weighted by Crippen LogP contribution is 2.11. The summed E-state index contributed by atoms with van der Waals surface area (Å²) in [4.78, 5) is 13.8. The van der Waals surface area contributed by atoms with E-state index in [1.807, 2.05) is 42.2 Å². The number of rotatable bonds is 4. The summed E-state index contributed by atoms with van der Waals surface area (Å²) in [6.07, 6.45) is 0.795. The van der Waals surface area contributed by atoms with Gasteiger partial charge in [-0.15, -0.1) is 0 Å². The minimum Gasteiger partial charge on any atom is -0.445 e. The van der Waals surface area contributed by atoms with Gasteiger partial charge in [-0.3, -0.25) is 0 Å². The maximum absolute atomic E-state index is 12.0. The summed E-state index contributed by atoms with van der Waals surface area (Å²) in [7, 11) is 0. The van der Waals surface area contributed by atoms with E-state index in [2.05, 4.69) is 5.32 Å². The summed E-state index contributed by atoms with van der Waals surface area (Å²) >= 11 is 0. The molecule has 0 bridgehead atoms. The van der Waals surface area contributed by atoms with Gasteiger partial charge in [-0.25, -0.2) is 4.79 Å². The van der Waals surface area contributed by atoms with Crippen LogP contribution < -0.4 is 5.32 Å². The topological polar surface area (TPSA) is 41.6 Å². The maximum Gasteiger partial charge on any atom is 0.410 e. The van der Waals surface area contributed by atoms with Crippen molar-refractivity contribution in [3.05, 3.63) is 35.9 Å². The Balaban J connectivity index is 1.86. The van der Waals surface area contributed by atoms with Gasteiger partial charge in [0.05, 0.1) is 0 Å². The average Bonchev–Trinajstić information content (AvgIpc) is 2.92. The molecule has 0 saturated carbocycles. The Kier molecular flexibility index (Phi) is 4.59. The van der Waals surface area contributed by atoms with Crippen LogP contribution in [-0.2, 0) is 11.3 Å². The van der Waals surface area contributed by atoms with E-state index in [1.165, 1.54) is 0 Å². The summed E-state index contributed by atoms with van der Waals surface area (Å²) in [6, 6.07) is 10.0. The number of likely N-dealkylation sites (N-methyl/N-ethyl adjacent to an activating group) is 1. The van der Waals surface area contributed by atoms with Gasteiger partial charge < -0.3 is 15.0 Å². The van der Waals surface area contributed by atoms with E-state index in [-0.39, 0.29) is 12.1 Å². The molecule has 1 aromatic carbocycles. The predicted octanol–water partition coefficient (Wildman–Crippen LogP) is 2.01. The van der Waals surface area contributed by atoms with Gasteiger partial charge in [0.25, 0.3) is 0 Å². The van der Waals surface area contributed by atoms with Crippen molar-refractivity contribution in [2.75, 3.05) is 19.6 Å². The van der Waals surface area contributed by atoms with Crippen molar-refractivity contribution >= 4 is 6.09 Å². The Morgan fingerprint density at radius 1 is 1.44 bits per heavy atom. The second kappa shape index (κ2) is 6.40. The first kappa shape index (κ1) is 12.9. The highest BCUT2D eigenvalue weighted by atomic mass is 16.6. The Labute approximate surface area is 108 Å². The van der Waals surface area contributed by atoms with Crippen LogP contribution in [0.1, 0.15) is 18.9 Å².